The van der Waals surface area contributed by atoms with E-state index in [1.807, 2.05) is 0 Å². The molecule has 1 atom stereocenters. The summed E-state index contributed by atoms with van der Waals surface area (Å²) in [6.07, 6.45) is 0.303. The summed E-state index contributed by atoms with van der Waals surface area (Å²) in [5.74, 6) is -1.54. The van der Waals surface area contributed by atoms with Gasteiger partial charge in [0, 0.05) is 18.0 Å². The summed E-state index contributed by atoms with van der Waals surface area (Å²) in [5.41, 5.74) is 0.402. The van der Waals surface area contributed by atoms with Crippen molar-refractivity contribution in [3.8, 4) is 0 Å². The third-order valence-corrected chi connectivity index (χ3v) is 3.32. The molecular formula is C13H15Cl2FN2O3. The first kappa shape index (κ1) is 17.5. The quantitative estimate of drug-likeness (QED) is 0.550. The van der Waals surface area contributed by atoms with Crippen molar-refractivity contribution >= 4 is 35.2 Å². The normalized spacial score (nSPS) is 11.8. The number of rotatable bonds is 6. The topological polar surface area (TPSA) is 78.4 Å². The molecule has 0 radical (unpaired) electrons. The molecule has 8 heteroatoms. The molecule has 1 rings (SSSR count). The van der Waals surface area contributed by atoms with Gasteiger partial charge in [0.05, 0.1) is 11.1 Å². The number of carboxylic acids is 1. The average molecular weight is 337 g/mol. The number of aliphatic carboxylic acids is 1. The van der Waals surface area contributed by atoms with Crippen LogP contribution in [0.15, 0.2) is 12.1 Å². The summed E-state index contributed by atoms with van der Waals surface area (Å²) in [7, 11) is 0. The summed E-state index contributed by atoms with van der Waals surface area (Å²) < 4.78 is 13.4. The molecule has 1 aromatic carbocycles. The molecule has 0 saturated carbocycles. The second kappa shape index (κ2) is 8.05. The molecule has 0 aliphatic rings. The lowest BCUT2D eigenvalue weighted by Gasteiger charge is -2.16. The number of halogens is 3. The molecule has 1 aromatic rings. The molecule has 0 saturated heterocycles. The van der Waals surface area contributed by atoms with Crippen molar-refractivity contribution in [2.45, 2.75) is 25.8 Å². The van der Waals surface area contributed by atoms with Crippen molar-refractivity contribution in [1.82, 2.24) is 10.6 Å². The van der Waals surface area contributed by atoms with Gasteiger partial charge < -0.3 is 15.7 Å². The van der Waals surface area contributed by atoms with Gasteiger partial charge in [0.2, 0.25) is 0 Å². The lowest BCUT2D eigenvalue weighted by Crippen LogP contribution is -2.37. The number of urea groups is 1. The SMILES string of the molecule is CC(NC(=O)NCCCC(=O)O)c1cc(F)c(Cl)cc1Cl. The minimum Gasteiger partial charge on any atom is -0.481 e. The van der Waals surface area contributed by atoms with Crippen molar-refractivity contribution in [2.24, 2.45) is 0 Å². The molecule has 5 nitrogen and oxygen atoms in total. The number of hydrogen-bond donors (Lipinski definition) is 3. The van der Waals surface area contributed by atoms with Crippen molar-refractivity contribution in [1.29, 1.82) is 0 Å². The van der Waals surface area contributed by atoms with Gasteiger partial charge in [-0.15, -0.1) is 0 Å². The molecule has 0 fully saturated rings. The highest BCUT2D eigenvalue weighted by Crippen LogP contribution is 2.28. The second-order valence-corrected chi connectivity index (χ2v) is 5.22. The van der Waals surface area contributed by atoms with E-state index >= 15 is 0 Å². The van der Waals surface area contributed by atoms with E-state index < -0.39 is 23.9 Å². The lowest BCUT2D eigenvalue weighted by molar-refractivity contribution is -0.137. The Kier molecular flexibility index (Phi) is 6.71. The fraction of sp³-hybridized carbons (Fsp3) is 0.385. The van der Waals surface area contributed by atoms with E-state index in [1.54, 1.807) is 6.92 Å². The third kappa shape index (κ3) is 5.77. The summed E-state index contributed by atoms with van der Waals surface area (Å²) in [5, 5.41) is 13.7. The highest BCUT2D eigenvalue weighted by atomic mass is 35.5. The summed E-state index contributed by atoms with van der Waals surface area (Å²) in [6.45, 7) is 1.87. The van der Waals surface area contributed by atoms with E-state index in [9.17, 15) is 14.0 Å². The Morgan fingerprint density at radius 2 is 2.00 bits per heavy atom. The molecule has 116 valence electrons. The first-order valence-electron chi connectivity index (χ1n) is 6.22. The predicted molar refractivity (Wildman–Crippen MR) is 78.2 cm³/mol. The Hall–Kier alpha value is -1.53. The summed E-state index contributed by atoms with van der Waals surface area (Å²) in [6, 6.07) is 1.43. The molecule has 2 amide bonds. The van der Waals surface area contributed by atoms with Gasteiger partial charge in [0.15, 0.2) is 0 Å². The molecule has 3 N–H and O–H groups in total. The molecule has 1 unspecified atom stereocenters. The van der Waals surface area contributed by atoms with Crippen LogP contribution in [0, 0.1) is 5.82 Å². The smallest absolute Gasteiger partial charge is 0.315 e. The van der Waals surface area contributed by atoms with Gasteiger partial charge >= 0.3 is 12.0 Å². The number of carbonyl (C=O) groups is 2. The molecule has 0 heterocycles. The van der Waals surface area contributed by atoms with E-state index in [2.05, 4.69) is 10.6 Å². The maximum atomic E-state index is 13.4. The van der Waals surface area contributed by atoms with E-state index in [1.165, 1.54) is 12.1 Å². The first-order valence-corrected chi connectivity index (χ1v) is 6.97. The monoisotopic (exact) mass is 336 g/mol. The van der Waals surface area contributed by atoms with Crippen LogP contribution in [0.3, 0.4) is 0 Å². The molecule has 21 heavy (non-hydrogen) atoms. The Morgan fingerprint density at radius 3 is 2.62 bits per heavy atom. The number of nitrogens with one attached hydrogen (secondary N) is 2. The second-order valence-electron chi connectivity index (χ2n) is 4.41. The third-order valence-electron chi connectivity index (χ3n) is 2.71. The minimum absolute atomic E-state index is 0.0238. The Bertz CT molecular complexity index is 540. The summed E-state index contributed by atoms with van der Waals surface area (Å²) >= 11 is 11.6. The van der Waals surface area contributed by atoms with Crippen LogP contribution in [-0.4, -0.2) is 23.7 Å². The standard InChI is InChI=1S/C13H15Cl2FN2O3/c1-7(8-5-11(16)10(15)6-9(8)14)18-13(21)17-4-2-3-12(19)20/h5-7H,2-4H2,1H3,(H,19,20)(H2,17,18,21). The molecule has 0 spiro atoms. The zero-order chi connectivity index (χ0) is 16.0. The van der Waals surface area contributed by atoms with Gasteiger partial charge in [-0.25, -0.2) is 9.18 Å². The van der Waals surface area contributed by atoms with E-state index in [0.29, 0.717) is 12.0 Å². The fourth-order valence-corrected chi connectivity index (χ4v) is 2.18. The van der Waals surface area contributed by atoms with Crippen LogP contribution in [-0.2, 0) is 4.79 Å². The number of benzene rings is 1. The largest absolute Gasteiger partial charge is 0.481 e. The maximum absolute atomic E-state index is 13.4. The summed E-state index contributed by atoms with van der Waals surface area (Å²) in [4.78, 5) is 21.9. The van der Waals surface area contributed by atoms with Crippen molar-refractivity contribution < 1.29 is 19.1 Å². The van der Waals surface area contributed by atoms with Crippen LogP contribution in [0.2, 0.25) is 10.0 Å². The molecule has 0 aliphatic heterocycles. The van der Waals surface area contributed by atoms with E-state index in [4.69, 9.17) is 28.3 Å². The lowest BCUT2D eigenvalue weighted by atomic mass is 10.1. The number of amides is 2. The van der Waals surface area contributed by atoms with Crippen molar-refractivity contribution in [3.63, 3.8) is 0 Å². The van der Waals surface area contributed by atoms with E-state index in [0.717, 1.165) is 0 Å². The van der Waals surface area contributed by atoms with Gasteiger partial charge in [-0.3, -0.25) is 4.79 Å². The van der Waals surface area contributed by atoms with Gasteiger partial charge in [0.1, 0.15) is 5.82 Å². The van der Waals surface area contributed by atoms with Gasteiger partial charge in [-0.1, -0.05) is 23.2 Å². The molecule has 0 bridgehead atoms. The highest BCUT2D eigenvalue weighted by molar-refractivity contribution is 6.35. The number of hydrogen-bond acceptors (Lipinski definition) is 2. The van der Waals surface area contributed by atoms with Crippen LogP contribution in [0.1, 0.15) is 31.4 Å². The minimum atomic E-state index is -0.922. The number of carboxylic acid groups (broad SMARTS) is 1. The van der Waals surface area contributed by atoms with Gasteiger partial charge in [0.25, 0.3) is 0 Å². The fourth-order valence-electron chi connectivity index (χ4n) is 1.64. The molecule has 0 aromatic heterocycles. The van der Waals surface area contributed by atoms with Crippen LogP contribution in [0.4, 0.5) is 9.18 Å². The van der Waals surface area contributed by atoms with Crippen molar-refractivity contribution in [3.05, 3.63) is 33.6 Å². The van der Waals surface area contributed by atoms with Crippen LogP contribution >= 0.6 is 23.2 Å². The first-order chi connectivity index (χ1) is 9.81. The molecule has 0 aliphatic carbocycles. The predicted octanol–water partition coefficient (Wildman–Crippen LogP) is 3.36. The van der Waals surface area contributed by atoms with E-state index in [-0.39, 0.29) is 23.0 Å². The maximum Gasteiger partial charge on any atom is 0.315 e. The van der Waals surface area contributed by atoms with Crippen LogP contribution < -0.4 is 10.6 Å². The van der Waals surface area contributed by atoms with Gasteiger partial charge in [-0.05, 0) is 31.0 Å². The van der Waals surface area contributed by atoms with Crippen molar-refractivity contribution in [2.75, 3.05) is 6.54 Å². The highest BCUT2D eigenvalue weighted by Gasteiger charge is 2.15. The Labute approximate surface area is 131 Å². The van der Waals surface area contributed by atoms with Crippen LogP contribution in [0.5, 0.6) is 0 Å². The zero-order valence-electron chi connectivity index (χ0n) is 11.3. The average Bonchev–Trinajstić information content (AvgIpc) is 2.38. The van der Waals surface area contributed by atoms with Crippen LogP contribution in [0.25, 0.3) is 0 Å². The van der Waals surface area contributed by atoms with Gasteiger partial charge in [-0.2, -0.15) is 0 Å². The Balaban J connectivity index is 2.53. The Morgan fingerprint density at radius 1 is 1.33 bits per heavy atom. The molecular weight excluding hydrogens is 322 g/mol. The zero-order valence-corrected chi connectivity index (χ0v) is 12.8. The number of carbonyl (C=O) groups excluding carboxylic acids is 1.